The number of anilines is 2. The lowest BCUT2D eigenvalue weighted by molar-refractivity contribution is 0.102. The molecule has 0 unspecified atom stereocenters. The van der Waals surface area contributed by atoms with Crippen molar-refractivity contribution >= 4 is 17.3 Å². The van der Waals surface area contributed by atoms with Crippen LogP contribution in [0.15, 0.2) is 43.0 Å². The monoisotopic (exact) mass is 296 g/mol. The average Bonchev–Trinajstić information content (AvgIpc) is 2.57. The Morgan fingerprint density at radius 2 is 1.77 bits per heavy atom. The maximum Gasteiger partial charge on any atom is 0.258 e. The van der Waals surface area contributed by atoms with Crippen LogP contribution >= 0.6 is 0 Å². The van der Waals surface area contributed by atoms with Gasteiger partial charge in [0.15, 0.2) is 0 Å². The van der Waals surface area contributed by atoms with Gasteiger partial charge in [-0.3, -0.25) is 4.79 Å². The number of nitrogens with one attached hydrogen (secondary N) is 1. The van der Waals surface area contributed by atoms with E-state index in [1.807, 2.05) is 12.1 Å². The van der Waals surface area contributed by atoms with Crippen molar-refractivity contribution in [3.8, 4) is 0 Å². The highest BCUT2D eigenvalue weighted by molar-refractivity contribution is 6.03. The first-order valence-corrected chi connectivity index (χ1v) is 7.64. The van der Waals surface area contributed by atoms with Crippen molar-refractivity contribution < 1.29 is 4.79 Å². The summed E-state index contributed by atoms with van der Waals surface area (Å²) in [7, 11) is 0. The standard InChI is InChI=1S/C17H20N4O/c1-13-6-8-21(9-7-13)16-4-2-15(3-5-16)20-17(22)14-10-18-12-19-11-14/h2-5,10-13H,6-9H2,1H3,(H,20,22). The number of amides is 1. The van der Waals surface area contributed by atoms with Gasteiger partial charge in [-0.1, -0.05) is 6.92 Å². The molecule has 5 nitrogen and oxygen atoms in total. The van der Waals surface area contributed by atoms with Gasteiger partial charge in [0, 0.05) is 36.9 Å². The van der Waals surface area contributed by atoms with Crippen LogP contribution in [0.5, 0.6) is 0 Å². The van der Waals surface area contributed by atoms with Crippen LogP contribution in [0.2, 0.25) is 0 Å². The average molecular weight is 296 g/mol. The highest BCUT2D eigenvalue weighted by atomic mass is 16.1. The van der Waals surface area contributed by atoms with E-state index < -0.39 is 0 Å². The number of rotatable bonds is 3. The second kappa shape index (κ2) is 6.56. The number of piperidine rings is 1. The molecule has 1 saturated heterocycles. The predicted octanol–water partition coefficient (Wildman–Crippen LogP) is 2.97. The van der Waals surface area contributed by atoms with E-state index in [1.54, 1.807) is 0 Å². The maximum atomic E-state index is 12.0. The molecule has 0 radical (unpaired) electrons. The van der Waals surface area contributed by atoms with Gasteiger partial charge in [0.25, 0.3) is 5.91 Å². The lowest BCUT2D eigenvalue weighted by atomic mass is 9.99. The fraction of sp³-hybridized carbons (Fsp3) is 0.353. The van der Waals surface area contributed by atoms with Gasteiger partial charge in [0.1, 0.15) is 6.33 Å². The minimum absolute atomic E-state index is 0.194. The molecule has 1 aromatic carbocycles. The van der Waals surface area contributed by atoms with Crippen molar-refractivity contribution in [3.63, 3.8) is 0 Å². The summed E-state index contributed by atoms with van der Waals surface area (Å²) in [4.78, 5) is 22.1. The first kappa shape index (κ1) is 14.5. The first-order chi connectivity index (χ1) is 10.7. The lowest BCUT2D eigenvalue weighted by Gasteiger charge is -2.32. The van der Waals surface area contributed by atoms with Crippen molar-refractivity contribution in [3.05, 3.63) is 48.5 Å². The van der Waals surface area contributed by atoms with E-state index in [-0.39, 0.29) is 5.91 Å². The summed E-state index contributed by atoms with van der Waals surface area (Å²) >= 11 is 0. The molecule has 1 amide bonds. The van der Waals surface area contributed by atoms with Crippen molar-refractivity contribution in [1.82, 2.24) is 9.97 Å². The van der Waals surface area contributed by atoms with Gasteiger partial charge in [-0.2, -0.15) is 0 Å². The van der Waals surface area contributed by atoms with Crippen molar-refractivity contribution in [2.75, 3.05) is 23.3 Å². The van der Waals surface area contributed by atoms with E-state index in [0.717, 1.165) is 24.7 Å². The second-order valence-corrected chi connectivity index (χ2v) is 5.80. The van der Waals surface area contributed by atoms with Gasteiger partial charge in [0.2, 0.25) is 0 Å². The number of carbonyl (C=O) groups excluding carboxylic acids is 1. The fourth-order valence-electron chi connectivity index (χ4n) is 2.64. The van der Waals surface area contributed by atoms with E-state index >= 15 is 0 Å². The molecule has 1 aromatic heterocycles. The zero-order valence-corrected chi connectivity index (χ0v) is 12.7. The Morgan fingerprint density at radius 3 is 2.41 bits per heavy atom. The van der Waals surface area contributed by atoms with E-state index in [1.165, 1.54) is 37.3 Å². The zero-order valence-electron chi connectivity index (χ0n) is 12.7. The third-order valence-electron chi connectivity index (χ3n) is 4.10. The largest absolute Gasteiger partial charge is 0.372 e. The van der Waals surface area contributed by atoms with Gasteiger partial charge in [-0.25, -0.2) is 9.97 Å². The quantitative estimate of drug-likeness (QED) is 0.946. The van der Waals surface area contributed by atoms with Crippen LogP contribution < -0.4 is 10.2 Å². The van der Waals surface area contributed by atoms with Crippen molar-refractivity contribution in [2.24, 2.45) is 5.92 Å². The summed E-state index contributed by atoms with van der Waals surface area (Å²) < 4.78 is 0. The minimum atomic E-state index is -0.194. The molecule has 3 rings (SSSR count). The molecule has 0 saturated carbocycles. The molecule has 0 spiro atoms. The maximum absolute atomic E-state index is 12.0. The van der Waals surface area contributed by atoms with Crippen LogP contribution in [0.25, 0.3) is 0 Å². The molecule has 1 fully saturated rings. The first-order valence-electron chi connectivity index (χ1n) is 7.64. The lowest BCUT2D eigenvalue weighted by Crippen LogP contribution is -2.32. The molecule has 2 aromatic rings. The van der Waals surface area contributed by atoms with Gasteiger partial charge >= 0.3 is 0 Å². The Labute approximate surface area is 130 Å². The summed E-state index contributed by atoms with van der Waals surface area (Å²) in [5.74, 6) is 0.628. The van der Waals surface area contributed by atoms with Crippen molar-refractivity contribution in [2.45, 2.75) is 19.8 Å². The smallest absolute Gasteiger partial charge is 0.258 e. The molecule has 0 bridgehead atoms. The van der Waals surface area contributed by atoms with Gasteiger partial charge < -0.3 is 10.2 Å². The Kier molecular flexibility index (Phi) is 4.32. The van der Waals surface area contributed by atoms with E-state index in [9.17, 15) is 4.79 Å². The number of carbonyl (C=O) groups is 1. The van der Waals surface area contributed by atoms with Crippen LogP contribution in [0, 0.1) is 5.92 Å². The molecule has 22 heavy (non-hydrogen) atoms. The molecule has 114 valence electrons. The highest BCUT2D eigenvalue weighted by Gasteiger charge is 2.16. The number of aromatic nitrogens is 2. The SMILES string of the molecule is CC1CCN(c2ccc(NC(=O)c3cncnc3)cc2)CC1. The van der Waals surface area contributed by atoms with E-state index in [0.29, 0.717) is 5.56 Å². The molecular formula is C17H20N4O. The molecule has 0 atom stereocenters. The highest BCUT2D eigenvalue weighted by Crippen LogP contribution is 2.24. The van der Waals surface area contributed by atoms with Crippen molar-refractivity contribution in [1.29, 1.82) is 0 Å². The Morgan fingerprint density at radius 1 is 1.14 bits per heavy atom. The number of nitrogens with zero attached hydrogens (tertiary/aromatic N) is 3. The number of hydrogen-bond acceptors (Lipinski definition) is 4. The predicted molar refractivity (Wildman–Crippen MR) is 87.0 cm³/mol. The summed E-state index contributed by atoms with van der Waals surface area (Å²) in [5, 5.41) is 2.86. The van der Waals surface area contributed by atoms with Gasteiger partial charge in [-0.15, -0.1) is 0 Å². The Hall–Kier alpha value is -2.43. The number of hydrogen-bond donors (Lipinski definition) is 1. The minimum Gasteiger partial charge on any atom is -0.372 e. The molecule has 1 aliphatic heterocycles. The second-order valence-electron chi connectivity index (χ2n) is 5.80. The molecule has 1 N–H and O–H groups in total. The summed E-state index contributed by atoms with van der Waals surface area (Å²) in [6.45, 7) is 4.52. The third kappa shape index (κ3) is 3.42. The number of benzene rings is 1. The van der Waals surface area contributed by atoms with Gasteiger partial charge in [-0.05, 0) is 43.0 Å². The van der Waals surface area contributed by atoms with Gasteiger partial charge in [0.05, 0.1) is 5.56 Å². The van der Waals surface area contributed by atoms with Crippen LogP contribution in [0.3, 0.4) is 0 Å². The zero-order chi connectivity index (χ0) is 15.4. The molecule has 1 aliphatic rings. The normalized spacial score (nSPS) is 15.6. The van der Waals surface area contributed by atoms with Crippen LogP contribution in [-0.4, -0.2) is 29.0 Å². The third-order valence-corrected chi connectivity index (χ3v) is 4.10. The molecule has 0 aliphatic carbocycles. The molecular weight excluding hydrogens is 276 g/mol. The Bertz CT molecular complexity index is 619. The summed E-state index contributed by atoms with van der Waals surface area (Å²) in [6.07, 6.45) is 6.90. The molecule has 2 heterocycles. The van der Waals surface area contributed by atoms with E-state index in [2.05, 4.69) is 39.2 Å². The van der Waals surface area contributed by atoms with E-state index in [4.69, 9.17) is 0 Å². The fourth-order valence-corrected chi connectivity index (χ4v) is 2.64. The topological polar surface area (TPSA) is 58.1 Å². The summed E-state index contributed by atoms with van der Waals surface area (Å²) in [5.41, 5.74) is 2.45. The summed E-state index contributed by atoms with van der Waals surface area (Å²) in [6, 6.07) is 8.00. The van der Waals surface area contributed by atoms with Crippen LogP contribution in [0.4, 0.5) is 11.4 Å². The Balaban J connectivity index is 1.63. The van der Waals surface area contributed by atoms with Crippen LogP contribution in [-0.2, 0) is 0 Å². The van der Waals surface area contributed by atoms with Crippen LogP contribution in [0.1, 0.15) is 30.1 Å². The molecule has 5 heteroatoms.